The van der Waals surface area contributed by atoms with Crippen molar-refractivity contribution in [2.24, 2.45) is 0 Å². The molecule has 150 valence electrons. The van der Waals surface area contributed by atoms with Crippen LogP contribution in [0.25, 0.3) is 54.9 Å². The molecule has 2 aromatic heterocycles. The molecule has 4 aromatic carbocycles. The summed E-state index contributed by atoms with van der Waals surface area (Å²) >= 11 is 0. The Balaban J connectivity index is 1.72. The molecule has 0 atom stereocenters. The van der Waals surface area contributed by atoms with Gasteiger partial charge in [0.25, 0.3) is 0 Å². The average molecular weight is 402 g/mol. The van der Waals surface area contributed by atoms with E-state index in [0.717, 1.165) is 33.0 Å². The lowest BCUT2D eigenvalue weighted by Crippen LogP contribution is -2.10. The van der Waals surface area contributed by atoms with Gasteiger partial charge in [0.1, 0.15) is 11.9 Å². The number of benzene rings is 4. The van der Waals surface area contributed by atoms with Crippen molar-refractivity contribution in [1.29, 1.82) is 0 Å². The zero-order chi connectivity index (χ0) is 21.2. The van der Waals surface area contributed by atoms with Crippen LogP contribution in [0.4, 0.5) is 0 Å². The Morgan fingerprint density at radius 1 is 0.710 bits per heavy atom. The molecule has 2 heterocycles. The summed E-state index contributed by atoms with van der Waals surface area (Å²) in [5.41, 5.74) is 4.90. The molecule has 0 aliphatic rings. The Kier molecular flexibility index (Phi) is 3.73. The van der Waals surface area contributed by atoms with Crippen molar-refractivity contribution in [2.45, 2.75) is 26.2 Å². The predicted octanol–water partition coefficient (Wildman–Crippen LogP) is 7.65. The van der Waals surface area contributed by atoms with Crippen LogP contribution in [0.2, 0.25) is 0 Å². The highest BCUT2D eigenvalue weighted by molar-refractivity contribution is 6.22. The molecule has 6 aromatic rings. The highest BCUT2D eigenvalue weighted by Crippen LogP contribution is 2.40. The van der Waals surface area contributed by atoms with Crippen LogP contribution in [0.5, 0.6) is 0 Å². The number of aromatic nitrogens is 2. The molecule has 0 saturated carbocycles. The second-order valence-corrected chi connectivity index (χ2v) is 9.16. The van der Waals surface area contributed by atoms with E-state index >= 15 is 0 Å². The van der Waals surface area contributed by atoms with Gasteiger partial charge in [-0.15, -0.1) is 0 Å². The fourth-order valence-electron chi connectivity index (χ4n) is 4.53. The van der Waals surface area contributed by atoms with Crippen molar-refractivity contribution in [2.75, 3.05) is 0 Å². The average Bonchev–Trinajstić information content (AvgIpc) is 3.17. The lowest BCUT2D eigenvalue weighted by Gasteiger charge is -2.20. The fraction of sp³-hybridized carbons (Fsp3) is 0.143. The summed E-state index contributed by atoms with van der Waals surface area (Å²) in [7, 11) is 0. The van der Waals surface area contributed by atoms with Gasteiger partial charge in [-0.05, 0) is 38.6 Å². The van der Waals surface area contributed by atoms with Gasteiger partial charge in [-0.1, -0.05) is 87.5 Å². The van der Waals surface area contributed by atoms with Crippen molar-refractivity contribution in [3.05, 3.63) is 84.7 Å². The standard InChI is InChI=1S/C28H22N2O/c1-28(2,3)19-12-13-20-18(15-19)8-6-10-22(20)26-25-24-21-9-5-4-7-17(21)11-14-23(24)31-27(25)30-16-29-26/h4-16H,1-3H3. The van der Waals surface area contributed by atoms with Crippen molar-refractivity contribution < 1.29 is 4.42 Å². The molecule has 3 nitrogen and oxygen atoms in total. The normalized spacial score (nSPS) is 12.4. The number of rotatable bonds is 1. The van der Waals surface area contributed by atoms with E-state index in [-0.39, 0.29) is 5.41 Å². The zero-order valence-electron chi connectivity index (χ0n) is 17.8. The maximum absolute atomic E-state index is 6.15. The topological polar surface area (TPSA) is 38.9 Å². The van der Waals surface area contributed by atoms with E-state index in [0.29, 0.717) is 5.71 Å². The molecule has 6 rings (SSSR count). The molecule has 0 radical (unpaired) electrons. The van der Waals surface area contributed by atoms with Crippen LogP contribution in [-0.4, -0.2) is 9.97 Å². The Labute approximate surface area is 180 Å². The second kappa shape index (κ2) is 6.39. The molecular weight excluding hydrogens is 380 g/mol. The number of fused-ring (bicyclic) bond motifs is 6. The molecule has 0 aliphatic carbocycles. The second-order valence-electron chi connectivity index (χ2n) is 9.16. The summed E-state index contributed by atoms with van der Waals surface area (Å²) in [5, 5.41) is 6.79. The number of hydrogen-bond donors (Lipinski definition) is 0. The summed E-state index contributed by atoms with van der Waals surface area (Å²) in [6.45, 7) is 6.73. The first-order valence-electron chi connectivity index (χ1n) is 10.6. The van der Waals surface area contributed by atoms with Gasteiger partial charge in [0, 0.05) is 10.9 Å². The van der Waals surface area contributed by atoms with Crippen LogP contribution in [0.15, 0.2) is 83.5 Å². The van der Waals surface area contributed by atoms with Crippen molar-refractivity contribution in [3.8, 4) is 11.3 Å². The highest BCUT2D eigenvalue weighted by atomic mass is 16.3. The smallest absolute Gasteiger partial charge is 0.231 e. The minimum atomic E-state index is 0.103. The third-order valence-electron chi connectivity index (χ3n) is 6.16. The van der Waals surface area contributed by atoms with E-state index in [1.165, 1.54) is 21.7 Å². The van der Waals surface area contributed by atoms with Gasteiger partial charge in [-0.25, -0.2) is 9.97 Å². The summed E-state index contributed by atoms with van der Waals surface area (Å²) in [4.78, 5) is 9.22. The van der Waals surface area contributed by atoms with E-state index < -0.39 is 0 Å². The van der Waals surface area contributed by atoms with Crippen LogP contribution >= 0.6 is 0 Å². The molecule has 0 bridgehead atoms. The lowest BCUT2D eigenvalue weighted by atomic mass is 9.85. The molecule has 0 unspecified atom stereocenters. The molecule has 0 spiro atoms. The zero-order valence-corrected chi connectivity index (χ0v) is 17.8. The van der Waals surface area contributed by atoms with Crippen LogP contribution in [0.3, 0.4) is 0 Å². The Morgan fingerprint density at radius 3 is 2.42 bits per heavy atom. The third kappa shape index (κ3) is 2.73. The van der Waals surface area contributed by atoms with Crippen molar-refractivity contribution in [1.82, 2.24) is 9.97 Å². The van der Waals surface area contributed by atoms with E-state index in [4.69, 9.17) is 9.40 Å². The summed E-state index contributed by atoms with van der Waals surface area (Å²) in [6.07, 6.45) is 1.60. The quantitative estimate of drug-likeness (QED) is 0.283. The van der Waals surface area contributed by atoms with Crippen LogP contribution < -0.4 is 0 Å². The van der Waals surface area contributed by atoms with Gasteiger partial charge in [0.05, 0.1) is 11.1 Å². The first kappa shape index (κ1) is 18.1. The molecule has 3 heteroatoms. The van der Waals surface area contributed by atoms with Gasteiger partial charge in [0.15, 0.2) is 0 Å². The Morgan fingerprint density at radius 2 is 1.55 bits per heavy atom. The number of furan rings is 1. The molecule has 31 heavy (non-hydrogen) atoms. The SMILES string of the molecule is CC(C)(C)c1ccc2c(-c3ncnc4oc5ccc6ccccc6c5c34)cccc2c1. The van der Waals surface area contributed by atoms with E-state index in [9.17, 15) is 0 Å². The first-order valence-corrected chi connectivity index (χ1v) is 10.6. The third-order valence-corrected chi connectivity index (χ3v) is 6.16. The summed E-state index contributed by atoms with van der Waals surface area (Å²) < 4.78 is 6.15. The van der Waals surface area contributed by atoms with Crippen LogP contribution in [0, 0.1) is 0 Å². The van der Waals surface area contributed by atoms with Crippen molar-refractivity contribution >= 4 is 43.6 Å². The summed E-state index contributed by atoms with van der Waals surface area (Å²) in [6, 6.07) is 25.7. The van der Waals surface area contributed by atoms with Crippen LogP contribution in [-0.2, 0) is 5.41 Å². The van der Waals surface area contributed by atoms with Crippen LogP contribution in [0.1, 0.15) is 26.3 Å². The van der Waals surface area contributed by atoms with Crippen molar-refractivity contribution in [3.63, 3.8) is 0 Å². The molecule has 0 fully saturated rings. The largest absolute Gasteiger partial charge is 0.438 e. The van der Waals surface area contributed by atoms with Gasteiger partial charge in [0.2, 0.25) is 5.71 Å². The van der Waals surface area contributed by atoms with E-state index in [1.54, 1.807) is 6.33 Å². The van der Waals surface area contributed by atoms with Gasteiger partial charge in [-0.3, -0.25) is 0 Å². The minimum Gasteiger partial charge on any atom is -0.438 e. The predicted molar refractivity (Wildman–Crippen MR) is 128 cm³/mol. The van der Waals surface area contributed by atoms with Gasteiger partial charge >= 0.3 is 0 Å². The van der Waals surface area contributed by atoms with E-state index in [1.807, 2.05) is 6.07 Å². The number of nitrogens with zero attached hydrogens (tertiary/aromatic N) is 2. The molecule has 0 saturated heterocycles. The first-order chi connectivity index (χ1) is 15.0. The summed E-state index contributed by atoms with van der Waals surface area (Å²) in [5.74, 6) is 0. The Hall–Kier alpha value is -3.72. The maximum atomic E-state index is 6.15. The molecule has 0 N–H and O–H groups in total. The Bertz CT molecular complexity index is 1620. The highest BCUT2D eigenvalue weighted by Gasteiger charge is 2.19. The van der Waals surface area contributed by atoms with Gasteiger partial charge in [-0.2, -0.15) is 0 Å². The maximum Gasteiger partial charge on any atom is 0.231 e. The fourth-order valence-corrected chi connectivity index (χ4v) is 4.53. The monoisotopic (exact) mass is 402 g/mol. The molecule has 0 aliphatic heterocycles. The minimum absolute atomic E-state index is 0.103. The number of hydrogen-bond acceptors (Lipinski definition) is 3. The van der Waals surface area contributed by atoms with Gasteiger partial charge < -0.3 is 4.42 Å². The molecular formula is C28H22N2O. The van der Waals surface area contributed by atoms with E-state index in [2.05, 4.69) is 92.5 Å². The molecule has 0 amide bonds. The lowest BCUT2D eigenvalue weighted by molar-refractivity contribution is 0.591.